The lowest BCUT2D eigenvalue weighted by Gasteiger charge is -2.31. The van der Waals surface area contributed by atoms with E-state index in [2.05, 4.69) is 56.6 Å². The summed E-state index contributed by atoms with van der Waals surface area (Å²) in [6, 6.07) is 12.3. The van der Waals surface area contributed by atoms with Crippen molar-refractivity contribution >= 4 is 5.96 Å². The third-order valence-electron chi connectivity index (χ3n) is 4.42. The highest BCUT2D eigenvalue weighted by atomic mass is 16.3. The molecule has 0 unspecified atom stereocenters. The largest absolute Gasteiger partial charge is 0.461 e. The van der Waals surface area contributed by atoms with E-state index in [1.165, 1.54) is 11.1 Å². The minimum absolute atomic E-state index is 0.439. The number of aromatic nitrogens is 3. The molecule has 2 N–H and O–H groups in total. The molecule has 26 heavy (non-hydrogen) atoms. The number of benzene rings is 1. The lowest BCUT2D eigenvalue weighted by atomic mass is 10.0. The second-order valence-electron chi connectivity index (χ2n) is 6.19. The fourth-order valence-electron chi connectivity index (χ4n) is 3.13. The van der Waals surface area contributed by atoms with Crippen LogP contribution in [0.5, 0.6) is 0 Å². The molecule has 0 saturated heterocycles. The lowest BCUT2D eigenvalue weighted by Crippen LogP contribution is -2.44. The van der Waals surface area contributed by atoms with E-state index in [9.17, 15) is 0 Å². The van der Waals surface area contributed by atoms with Crippen molar-refractivity contribution in [2.24, 2.45) is 4.99 Å². The summed E-state index contributed by atoms with van der Waals surface area (Å²) in [5.74, 6) is 2.82. The molecule has 2 aromatic heterocycles. The molecule has 0 bridgehead atoms. The van der Waals surface area contributed by atoms with Gasteiger partial charge in [-0.3, -0.25) is 5.10 Å². The first-order valence-electron chi connectivity index (χ1n) is 8.88. The lowest BCUT2D eigenvalue weighted by molar-refractivity contribution is 0.378. The van der Waals surface area contributed by atoms with Gasteiger partial charge in [0.25, 0.3) is 0 Å². The van der Waals surface area contributed by atoms with Gasteiger partial charge in [-0.25, -0.2) is 9.98 Å². The number of fused-ring (bicyclic) bond motifs is 1. The molecule has 7 heteroatoms. The first-order valence-corrected chi connectivity index (χ1v) is 8.88. The molecule has 4 rings (SSSR count). The second kappa shape index (κ2) is 7.43. The van der Waals surface area contributed by atoms with Gasteiger partial charge in [-0.05, 0) is 36.6 Å². The van der Waals surface area contributed by atoms with Gasteiger partial charge in [0.15, 0.2) is 11.7 Å². The summed E-state index contributed by atoms with van der Waals surface area (Å²) < 4.78 is 5.32. The molecule has 0 amide bonds. The number of aromatic amines is 1. The van der Waals surface area contributed by atoms with Gasteiger partial charge < -0.3 is 14.6 Å². The van der Waals surface area contributed by atoms with Crippen LogP contribution in [0.3, 0.4) is 0 Å². The highest BCUT2D eigenvalue weighted by Crippen LogP contribution is 2.19. The van der Waals surface area contributed by atoms with Crippen molar-refractivity contribution in [3.8, 4) is 11.6 Å². The van der Waals surface area contributed by atoms with Gasteiger partial charge in [0.1, 0.15) is 12.4 Å². The number of aliphatic imine (C=N–C) groups is 1. The standard InChI is InChI=1S/C19H22N6O/c1-2-20-19(25-10-9-14-6-3-4-7-15(14)13-25)21-12-17-22-18(24-23-17)16-8-5-11-26-16/h3-8,11H,2,9-10,12-13H2,1H3,(H,20,21)(H,22,23,24). The van der Waals surface area contributed by atoms with Crippen LogP contribution in [0.25, 0.3) is 11.6 Å². The van der Waals surface area contributed by atoms with Crippen LogP contribution >= 0.6 is 0 Å². The molecule has 0 fully saturated rings. The number of hydrogen-bond acceptors (Lipinski definition) is 4. The number of guanidine groups is 1. The van der Waals surface area contributed by atoms with Crippen LogP contribution < -0.4 is 5.32 Å². The SMILES string of the molecule is CCNC(=NCc1nc(-c2ccco2)n[nH]1)N1CCc2ccccc2C1. The maximum atomic E-state index is 5.32. The summed E-state index contributed by atoms with van der Waals surface area (Å²) in [6.45, 7) is 5.17. The molecule has 3 heterocycles. The van der Waals surface area contributed by atoms with Gasteiger partial charge in [-0.2, -0.15) is 0 Å². The fourth-order valence-corrected chi connectivity index (χ4v) is 3.13. The Labute approximate surface area is 152 Å². The van der Waals surface area contributed by atoms with E-state index in [1.807, 2.05) is 12.1 Å². The zero-order valence-corrected chi connectivity index (χ0v) is 14.8. The molecule has 7 nitrogen and oxygen atoms in total. The molecular formula is C19H22N6O. The van der Waals surface area contributed by atoms with Gasteiger partial charge in [0, 0.05) is 19.6 Å². The number of nitrogens with one attached hydrogen (secondary N) is 2. The predicted molar refractivity (Wildman–Crippen MR) is 99.5 cm³/mol. The average Bonchev–Trinajstić information content (AvgIpc) is 3.36. The Morgan fingerprint density at radius 2 is 2.15 bits per heavy atom. The summed E-state index contributed by atoms with van der Waals surface area (Å²) >= 11 is 0. The molecule has 1 aliphatic rings. The molecule has 1 aromatic carbocycles. The van der Waals surface area contributed by atoms with Gasteiger partial charge >= 0.3 is 0 Å². The second-order valence-corrected chi connectivity index (χ2v) is 6.19. The predicted octanol–water partition coefficient (Wildman–Crippen LogP) is 2.59. The first-order chi connectivity index (χ1) is 12.8. The van der Waals surface area contributed by atoms with E-state index >= 15 is 0 Å². The number of rotatable bonds is 4. The maximum Gasteiger partial charge on any atom is 0.216 e. The van der Waals surface area contributed by atoms with Gasteiger partial charge in [-0.1, -0.05) is 24.3 Å². The minimum Gasteiger partial charge on any atom is -0.461 e. The smallest absolute Gasteiger partial charge is 0.216 e. The van der Waals surface area contributed by atoms with E-state index in [0.29, 0.717) is 24.0 Å². The van der Waals surface area contributed by atoms with Crippen molar-refractivity contribution in [2.45, 2.75) is 26.4 Å². The highest BCUT2D eigenvalue weighted by Gasteiger charge is 2.18. The Morgan fingerprint density at radius 1 is 1.27 bits per heavy atom. The quantitative estimate of drug-likeness (QED) is 0.558. The van der Waals surface area contributed by atoms with Gasteiger partial charge in [0.2, 0.25) is 5.82 Å². The summed E-state index contributed by atoms with van der Waals surface area (Å²) in [4.78, 5) is 11.5. The van der Waals surface area contributed by atoms with Crippen molar-refractivity contribution < 1.29 is 4.42 Å². The topological polar surface area (TPSA) is 82.3 Å². The van der Waals surface area contributed by atoms with Crippen molar-refractivity contribution in [1.29, 1.82) is 0 Å². The summed E-state index contributed by atoms with van der Waals surface area (Å²) in [7, 11) is 0. The molecule has 0 radical (unpaired) electrons. The molecule has 0 atom stereocenters. The molecule has 0 saturated carbocycles. The number of nitrogens with zero attached hydrogens (tertiary/aromatic N) is 4. The number of H-pyrrole nitrogens is 1. The monoisotopic (exact) mass is 350 g/mol. The Kier molecular flexibility index (Phi) is 4.68. The van der Waals surface area contributed by atoms with E-state index in [4.69, 9.17) is 9.41 Å². The average molecular weight is 350 g/mol. The van der Waals surface area contributed by atoms with E-state index in [-0.39, 0.29) is 0 Å². The molecule has 0 spiro atoms. The first kappa shape index (κ1) is 16.4. The van der Waals surface area contributed by atoms with Crippen LogP contribution in [0.1, 0.15) is 23.9 Å². The normalized spacial score (nSPS) is 14.3. The van der Waals surface area contributed by atoms with E-state index in [1.54, 1.807) is 6.26 Å². The Hall–Kier alpha value is -3.09. The summed E-state index contributed by atoms with van der Waals surface area (Å²) in [5, 5.41) is 10.5. The van der Waals surface area contributed by atoms with Gasteiger partial charge in [-0.15, -0.1) is 5.10 Å². The minimum atomic E-state index is 0.439. The van der Waals surface area contributed by atoms with Crippen LogP contribution in [0.2, 0.25) is 0 Å². The zero-order chi connectivity index (χ0) is 17.8. The van der Waals surface area contributed by atoms with Crippen molar-refractivity contribution in [1.82, 2.24) is 25.4 Å². The molecule has 134 valence electrons. The molecular weight excluding hydrogens is 328 g/mol. The molecule has 3 aromatic rings. The fraction of sp³-hybridized carbons (Fsp3) is 0.316. The van der Waals surface area contributed by atoms with Crippen molar-refractivity contribution in [2.75, 3.05) is 13.1 Å². The Balaban J connectivity index is 1.48. The number of hydrogen-bond donors (Lipinski definition) is 2. The maximum absolute atomic E-state index is 5.32. The third kappa shape index (κ3) is 3.46. The van der Waals surface area contributed by atoms with Crippen LogP contribution in [0, 0.1) is 0 Å². The van der Waals surface area contributed by atoms with Gasteiger partial charge in [0.05, 0.1) is 6.26 Å². The van der Waals surface area contributed by atoms with Crippen LogP contribution in [0.4, 0.5) is 0 Å². The van der Waals surface area contributed by atoms with Crippen LogP contribution in [-0.4, -0.2) is 39.1 Å². The third-order valence-corrected chi connectivity index (χ3v) is 4.42. The zero-order valence-electron chi connectivity index (χ0n) is 14.8. The van der Waals surface area contributed by atoms with Crippen molar-refractivity contribution in [3.05, 3.63) is 59.6 Å². The number of furan rings is 1. The van der Waals surface area contributed by atoms with Crippen molar-refractivity contribution in [3.63, 3.8) is 0 Å². The Morgan fingerprint density at radius 3 is 2.96 bits per heavy atom. The van der Waals surface area contributed by atoms with Crippen LogP contribution in [0.15, 0.2) is 52.1 Å². The van der Waals surface area contributed by atoms with E-state index in [0.717, 1.165) is 32.0 Å². The Bertz CT molecular complexity index is 883. The van der Waals surface area contributed by atoms with Crippen LogP contribution in [-0.2, 0) is 19.5 Å². The molecule has 1 aliphatic heterocycles. The highest BCUT2D eigenvalue weighted by molar-refractivity contribution is 5.80. The summed E-state index contributed by atoms with van der Waals surface area (Å²) in [6.07, 6.45) is 2.65. The van der Waals surface area contributed by atoms with E-state index < -0.39 is 0 Å². The summed E-state index contributed by atoms with van der Waals surface area (Å²) in [5.41, 5.74) is 2.79. The molecule has 0 aliphatic carbocycles.